The van der Waals surface area contributed by atoms with Gasteiger partial charge in [0.15, 0.2) is 5.78 Å². The van der Waals surface area contributed by atoms with Crippen LogP contribution in [0.4, 0.5) is 5.13 Å². The van der Waals surface area contributed by atoms with Gasteiger partial charge in [-0.05, 0) is 25.5 Å². The highest BCUT2D eigenvalue weighted by atomic mass is 32.1. The largest absolute Gasteiger partial charge is 0.497 e. The topological polar surface area (TPSA) is 111 Å². The number of likely N-dealkylation sites (tertiary alicyclic amines) is 1. The van der Waals surface area contributed by atoms with Gasteiger partial charge in [0.05, 0.1) is 19.1 Å². The van der Waals surface area contributed by atoms with Gasteiger partial charge in [-0.2, -0.15) is 0 Å². The maximum absolute atomic E-state index is 12.8. The SMILES string of the molecule is COc1ccc2c(c1)OC1(CCC(=O)N(C(C)C(=O)Nc3nncs3)CC1)CC2=O. The molecule has 2 aromatic rings. The minimum Gasteiger partial charge on any atom is -0.497 e. The fraction of sp³-hybridized carbons (Fsp3) is 0.450. The van der Waals surface area contributed by atoms with E-state index in [1.165, 1.54) is 16.8 Å². The zero-order valence-electron chi connectivity index (χ0n) is 16.7. The molecule has 1 aromatic carbocycles. The molecule has 158 valence electrons. The smallest absolute Gasteiger partial charge is 0.248 e. The van der Waals surface area contributed by atoms with Crippen molar-refractivity contribution in [3.63, 3.8) is 0 Å². The zero-order chi connectivity index (χ0) is 21.3. The standard InChI is InChI=1S/C20H22N4O5S/c1-12(18(27)22-19-23-21-11-30-19)24-8-7-20(6-5-17(24)26)10-15(25)14-4-3-13(28-2)9-16(14)29-20/h3-4,9,11-12H,5-8,10H2,1-2H3,(H,22,23,27). The number of nitrogens with one attached hydrogen (secondary N) is 1. The van der Waals surface area contributed by atoms with E-state index in [2.05, 4.69) is 15.5 Å². The van der Waals surface area contributed by atoms with Crippen LogP contribution in [0.15, 0.2) is 23.7 Å². The summed E-state index contributed by atoms with van der Waals surface area (Å²) in [5.74, 6) is 0.605. The maximum Gasteiger partial charge on any atom is 0.248 e. The van der Waals surface area contributed by atoms with Gasteiger partial charge in [0.1, 0.15) is 28.7 Å². The molecule has 1 N–H and O–H groups in total. The molecule has 4 rings (SSSR count). The molecule has 2 unspecified atom stereocenters. The van der Waals surface area contributed by atoms with Gasteiger partial charge in [0.2, 0.25) is 16.9 Å². The van der Waals surface area contributed by atoms with Gasteiger partial charge in [-0.3, -0.25) is 19.7 Å². The first-order chi connectivity index (χ1) is 14.4. The number of amides is 2. The Bertz CT molecular complexity index is 980. The molecule has 1 aromatic heterocycles. The van der Waals surface area contributed by atoms with Crippen molar-refractivity contribution in [2.75, 3.05) is 19.0 Å². The van der Waals surface area contributed by atoms with E-state index in [0.717, 1.165) is 0 Å². The number of anilines is 1. The summed E-state index contributed by atoms with van der Waals surface area (Å²) >= 11 is 1.21. The van der Waals surface area contributed by atoms with Gasteiger partial charge in [-0.1, -0.05) is 11.3 Å². The van der Waals surface area contributed by atoms with E-state index in [1.807, 2.05) is 0 Å². The lowest BCUT2D eigenvalue weighted by Crippen LogP contribution is -2.46. The van der Waals surface area contributed by atoms with Gasteiger partial charge >= 0.3 is 0 Å². The van der Waals surface area contributed by atoms with Crippen molar-refractivity contribution < 1.29 is 23.9 Å². The number of nitrogens with zero attached hydrogens (tertiary/aromatic N) is 3. The second-order valence-corrected chi connectivity index (χ2v) is 8.33. The molecule has 0 radical (unpaired) electrons. The van der Waals surface area contributed by atoms with Crippen LogP contribution in [0.5, 0.6) is 11.5 Å². The minimum absolute atomic E-state index is 0.0122. The number of hydrogen-bond acceptors (Lipinski definition) is 8. The van der Waals surface area contributed by atoms with E-state index >= 15 is 0 Å². The van der Waals surface area contributed by atoms with E-state index < -0.39 is 11.6 Å². The van der Waals surface area contributed by atoms with Crippen LogP contribution in [0.2, 0.25) is 0 Å². The highest BCUT2D eigenvalue weighted by Gasteiger charge is 2.44. The third-order valence-electron chi connectivity index (χ3n) is 5.66. The lowest BCUT2D eigenvalue weighted by atomic mass is 9.84. The average molecular weight is 430 g/mol. The van der Waals surface area contributed by atoms with Crippen molar-refractivity contribution >= 4 is 34.1 Å². The summed E-state index contributed by atoms with van der Waals surface area (Å²) in [6.45, 7) is 2.00. The van der Waals surface area contributed by atoms with Crippen LogP contribution in [-0.4, -0.2) is 58.0 Å². The Morgan fingerprint density at radius 2 is 2.20 bits per heavy atom. The predicted octanol–water partition coefficient (Wildman–Crippen LogP) is 2.29. The number of hydrogen-bond donors (Lipinski definition) is 1. The van der Waals surface area contributed by atoms with Gasteiger partial charge in [-0.15, -0.1) is 10.2 Å². The maximum atomic E-state index is 12.8. The van der Waals surface area contributed by atoms with Gasteiger partial charge in [0, 0.05) is 25.5 Å². The number of fused-ring (bicyclic) bond motifs is 1. The van der Waals surface area contributed by atoms with Crippen LogP contribution in [0, 0.1) is 0 Å². The highest BCUT2D eigenvalue weighted by Crippen LogP contribution is 2.41. The number of ketones is 1. The number of aromatic nitrogens is 2. The molecule has 30 heavy (non-hydrogen) atoms. The molecule has 10 heteroatoms. The molecule has 0 saturated carbocycles. The molecule has 1 saturated heterocycles. The number of carbonyl (C=O) groups excluding carboxylic acids is 3. The second kappa shape index (κ2) is 8.02. The van der Waals surface area contributed by atoms with E-state index in [0.29, 0.717) is 41.6 Å². The van der Waals surface area contributed by atoms with E-state index in [4.69, 9.17) is 9.47 Å². The lowest BCUT2D eigenvalue weighted by Gasteiger charge is -2.37. The Hall–Kier alpha value is -3.01. The Morgan fingerprint density at radius 3 is 2.93 bits per heavy atom. The van der Waals surface area contributed by atoms with Crippen LogP contribution >= 0.6 is 11.3 Å². The van der Waals surface area contributed by atoms with Crippen molar-refractivity contribution in [2.24, 2.45) is 0 Å². The van der Waals surface area contributed by atoms with Crippen LogP contribution < -0.4 is 14.8 Å². The van der Waals surface area contributed by atoms with E-state index in [-0.39, 0.29) is 30.4 Å². The minimum atomic E-state index is -0.768. The molecule has 9 nitrogen and oxygen atoms in total. The fourth-order valence-corrected chi connectivity index (χ4v) is 4.37. The molecule has 1 fully saturated rings. The Morgan fingerprint density at radius 1 is 1.37 bits per heavy atom. The Kier molecular flexibility index (Phi) is 5.42. The summed E-state index contributed by atoms with van der Waals surface area (Å²) in [4.78, 5) is 39.6. The first-order valence-corrected chi connectivity index (χ1v) is 10.6. The second-order valence-electron chi connectivity index (χ2n) is 7.49. The molecule has 0 bridgehead atoms. The van der Waals surface area contributed by atoms with Gasteiger partial charge < -0.3 is 14.4 Å². The van der Waals surface area contributed by atoms with Gasteiger partial charge in [0.25, 0.3) is 0 Å². The van der Waals surface area contributed by atoms with E-state index in [9.17, 15) is 14.4 Å². The summed E-state index contributed by atoms with van der Waals surface area (Å²) in [6, 6.07) is 4.46. The van der Waals surface area contributed by atoms with Crippen LogP contribution in [0.1, 0.15) is 43.0 Å². The summed E-state index contributed by atoms with van der Waals surface area (Å²) in [6.07, 6.45) is 1.27. The molecule has 2 amide bonds. The summed E-state index contributed by atoms with van der Waals surface area (Å²) in [5, 5.41) is 10.5. The number of carbonyl (C=O) groups is 3. The molecule has 2 aliphatic rings. The summed E-state index contributed by atoms with van der Waals surface area (Å²) in [7, 11) is 1.55. The van der Waals surface area contributed by atoms with E-state index in [1.54, 1.807) is 37.1 Å². The fourth-order valence-electron chi connectivity index (χ4n) is 3.92. The van der Waals surface area contributed by atoms with Crippen LogP contribution in [0.3, 0.4) is 0 Å². The number of benzene rings is 1. The van der Waals surface area contributed by atoms with Crippen LogP contribution in [0.25, 0.3) is 0 Å². The number of methoxy groups -OCH3 is 1. The molecule has 2 atom stereocenters. The highest BCUT2D eigenvalue weighted by molar-refractivity contribution is 7.13. The molecule has 0 aliphatic carbocycles. The molecule has 1 spiro atoms. The van der Waals surface area contributed by atoms with Crippen molar-refractivity contribution in [3.8, 4) is 11.5 Å². The monoisotopic (exact) mass is 430 g/mol. The lowest BCUT2D eigenvalue weighted by molar-refractivity contribution is -0.137. The predicted molar refractivity (Wildman–Crippen MR) is 109 cm³/mol. The summed E-state index contributed by atoms with van der Waals surface area (Å²) < 4.78 is 11.5. The molecule has 3 heterocycles. The number of ether oxygens (including phenoxy) is 2. The molecular formula is C20H22N4O5S. The molecule has 2 aliphatic heterocycles. The van der Waals surface area contributed by atoms with Crippen molar-refractivity contribution in [1.82, 2.24) is 15.1 Å². The molecular weight excluding hydrogens is 408 g/mol. The number of rotatable bonds is 4. The first kappa shape index (κ1) is 20.3. The summed E-state index contributed by atoms with van der Waals surface area (Å²) in [5.41, 5.74) is 1.28. The average Bonchev–Trinajstić information content (AvgIpc) is 3.19. The third kappa shape index (κ3) is 3.87. The number of Topliss-reactive ketones (excluding diaryl/α,β-unsaturated/α-hetero) is 1. The van der Waals surface area contributed by atoms with Crippen LogP contribution in [-0.2, 0) is 9.59 Å². The quantitative estimate of drug-likeness (QED) is 0.792. The normalized spacial score (nSPS) is 22.1. The first-order valence-electron chi connectivity index (χ1n) is 9.67. The Balaban J connectivity index is 1.50. The van der Waals surface area contributed by atoms with Crippen molar-refractivity contribution in [1.29, 1.82) is 0 Å². The zero-order valence-corrected chi connectivity index (χ0v) is 17.5. The van der Waals surface area contributed by atoms with Crippen molar-refractivity contribution in [2.45, 2.75) is 44.2 Å². The third-order valence-corrected chi connectivity index (χ3v) is 6.27. The van der Waals surface area contributed by atoms with Crippen molar-refractivity contribution in [3.05, 3.63) is 29.3 Å². The Labute approximate surface area is 177 Å². The van der Waals surface area contributed by atoms with Gasteiger partial charge in [-0.25, -0.2) is 0 Å².